The van der Waals surface area contributed by atoms with Crippen LogP contribution in [-0.2, 0) is 16.6 Å². The van der Waals surface area contributed by atoms with Gasteiger partial charge in [0.2, 0.25) is 0 Å². The number of piperidine rings is 1. The summed E-state index contributed by atoms with van der Waals surface area (Å²) in [4.78, 5) is 15.1. The largest absolute Gasteiger partial charge is 0.481 e. The number of likely N-dealkylation sites (N-methyl/N-ethyl adjacent to an activating group) is 1. The molecule has 0 unspecified atom stereocenters. The van der Waals surface area contributed by atoms with Gasteiger partial charge in [-0.1, -0.05) is 43.0 Å². The highest BCUT2D eigenvalue weighted by atomic mass is 16.6. The number of esters is 1. The van der Waals surface area contributed by atoms with E-state index in [0.717, 1.165) is 43.5 Å². The third-order valence-corrected chi connectivity index (χ3v) is 7.95. The van der Waals surface area contributed by atoms with E-state index in [1.807, 2.05) is 36.4 Å². The van der Waals surface area contributed by atoms with Crippen LogP contribution in [0.2, 0.25) is 0 Å². The van der Waals surface area contributed by atoms with Gasteiger partial charge in [-0.05, 0) is 74.0 Å². The first kappa shape index (κ1) is 18.9. The zero-order chi connectivity index (χ0) is 21.2. The van der Waals surface area contributed by atoms with Crippen LogP contribution >= 0.6 is 0 Å². The van der Waals surface area contributed by atoms with Gasteiger partial charge in [-0.3, -0.25) is 0 Å². The van der Waals surface area contributed by atoms with Crippen molar-refractivity contribution >= 4 is 12.0 Å². The van der Waals surface area contributed by atoms with E-state index in [1.54, 1.807) is 6.08 Å². The van der Waals surface area contributed by atoms with E-state index in [2.05, 4.69) is 24.6 Å². The molecule has 0 N–H and O–H groups in total. The van der Waals surface area contributed by atoms with E-state index in [0.29, 0.717) is 17.7 Å². The molecule has 158 valence electrons. The minimum absolute atomic E-state index is 0.00351. The zero-order valence-electron chi connectivity index (χ0n) is 17.8. The van der Waals surface area contributed by atoms with Crippen LogP contribution in [0.15, 0.2) is 60.7 Å². The Morgan fingerprint density at radius 2 is 2.10 bits per heavy atom. The van der Waals surface area contributed by atoms with Gasteiger partial charge < -0.3 is 14.4 Å². The number of likely N-dealkylation sites (tertiary alicyclic amines) is 1. The topological polar surface area (TPSA) is 38.8 Å². The van der Waals surface area contributed by atoms with Crippen LogP contribution in [0.1, 0.15) is 36.0 Å². The van der Waals surface area contributed by atoms with Gasteiger partial charge >= 0.3 is 5.97 Å². The van der Waals surface area contributed by atoms with Crippen LogP contribution in [-0.4, -0.2) is 36.6 Å². The monoisotopic (exact) mass is 413 g/mol. The Morgan fingerprint density at radius 3 is 2.94 bits per heavy atom. The Labute approximate surface area is 183 Å². The average Bonchev–Trinajstić information content (AvgIpc) is 3.14. The molecular formula is C27H27NO3. The number of nitrogens with zero attached hydrogens (tertiary/aromatic N) is 1. The number of benzene rings is 2. The number of carbonyl (C=O) groups excluding carboxylic acids is 1. The molecule has 4 aliphatic rings. The van der Waals surface area contributed by atoms with Crippen molar-refractivity contribution in [1.29, 1.82) is 0 Å². The predicted octanol–water partition coefficient (Wildman–Crippen LogP) is 4.53. The van der Waals surface area contributed by atoms with Gasteiger partial charge in [0, 0.05) is 23.1 Å². The molecule has 4 heteroatoms. The minimum Gasteiger partial charge on any atom is -0.481 e. The third-order valence-electron chi connectivity index (χ3n) is 7.95. The molecule has 4 atom stereocenters. The van der Waals surface area contributed by atoms with Crippen molar-refractivity contribution in [2.24, 2.45) is 5.92 Å². The third kappa shape index (κ3) is 2.67. The van der Waals surface area contributed by atoms with Crippen molar-refractivity contribution in [2.75, 3.05) is 13.6 Å². The molecule has 2 heterocycles. The fourth-order valence-corrected chi connectivity index (χ4v) is 6.60. The first-order valence-corrected chi connectivity index (χ1v) is 11.2. The SMILES string of the molecule is C=C1CC[C@H]2[C@H]3Cc4ccc(OC(=O)/C=C/c5ccccc5)c5c4[C@@]2(CCN3C)[C@H]1O5. The molecule has 0 aromatic heterocycles. The van der Waals surface area contributed by atoms with Crippen LogP contribution in [0.4, 0.5) is 0 Å². The quantitative estimate of drug-likeness (QED) is 0.321. The molecular weight excluding hydrogens is 386 g/mol. The van der Waals surface area contributed by atoms with Crippen molar-refractivity contribution in [3.63, 3.8) is 0 Å². The molecule has 2 fully saturated rings. The van der Waals surface area contributed by atoms with E-state index >= 15 is 0 Å². The minimum atomic E-state index is -0.386. The summed E-state index contributed by atoms with van der Waals surface area (Å²) >= 11 is 0. The summed E-state index contributed by atoms with van der Waals surface area (Å²) in [5.41, 5.74) is 4.78. The molecule has 6 rings (SSSR count). The molecule has 1 saturated carbocycles. The van der Waals surface area contributed by atoms with E-state index in [4.69, 9.17) is 9.47 Å². The van der Waals surface area contributed by atoms with E-state index in [1.165, 1.54) is 22.8 Å². The summed E-state index contributed by atoms with van der Waals surface area (Å²) in [5, 5.41) is 0. The summed E-state index contributed by atoms with van der Waals surface area (Å²) < 4.78 is 12.4. The molecule has 2 aliphatic heterocycles. The second-order valence-corrected chi connectivity index (χ2v) is 9.44. The molecule has 2 aromatic carbocycles. The van der Waals surface area contributed by atoms with Gasteiger partial charge in [-0.2, -0.15) is 0 Å². The highest BCUT2D eigenvalue weighted by molar-refractivity contribution is 5.89. The molecule has 31 heavy (non-hydrogen) atoms. The van der Waals surface area contributed by atoms with E-state index in [-0.39, 0.29) is 17.5 Å². The zero-order valence-corrected chi connectivity index (χ0v) is 17.8. The molecule has 0 radical (unpaired) electrons. The number of rotatable bonds is 3. The highest BCUT2D eigenvalue weighted by Crippen LogP contribution is 2.64. The Balaban J connectivity index is 1.38. The van der Waals surface area contributed by atoms with Gasteiger partial charge in [-0.25, -0.2) is 4.79 Å². The lowest BCUT2D eigenvalue weighted by atomic mass is 9.51. The van der Waals surface area contributed by atoms with Crippen LogP contribution in [0.5, 0.6) is 11.5 Å². The lowest BCUT2D eigenvalue weighted by molar-refractivity contribution is -0.129. The number of hydrogen-bond donors (Lipinski definition) is 0. The first-order chi connectivity index (χ1) is 15.1. The maximum absolute atomic E-state index is 12.6. The Morgan fingerprint density at radius 1 is 1.26 bits per heavy atom. The molecule has 1 saturated heterocycles. The fraction of sp³-hybridized carbons (Fsp3) is 0.370. The highest BCUT2D eigenvalue weighted by Gasteiger charge is 2.64. The Bertz CT molecular complexity index is 1100. The van der Waals surface area contributed by atoms with Crippen molar-refractivity contribution in [3.8, 4) is 11.5 Å². The van der Waals surface area contributed by atoms with Crippen molar-refractivity contribution in [3.05, 3.63) is 77.4 Å². The van der Waals surface area contributed by atoms with Gasteiger partial charge in [0.05, 0.1) is 0 Å². The normalized spacial score (nSPS) is 30.7. The Kier molecular flexibility index (Phi) is 4.16. The van der Waals surface area contributed by atoms with E-state index < -0.39 is 0 Å². The second-order valence-electron chi connectivity index (χ2n) is 9.44. The Hall–Kier alpha value is -2.85. The van der Waals surface area contributed by atoms with Gasteiger partial charge in [0.25, 0.3) is 0 Å². The van der Waals surface area contributed by atoms with Crippen LogP contribution < -0.4 is 9.47 Å². The molecule has 2 bridgehead atoms. The lowest BCUT2D eigenvalue weighted by Gasteiger charge is -2.58. The van der Waals surface area contributed by atoms with Gasteiger partial charge in [-0.15, -0.1) is 0 Å². The second kappa shape index (κ2) is 6.83. The van der Waals surface area contributed by atoms with Crippen molar-refractivity contribution in [1.82, 2.24) is 4.90 Å². The molecule has 2 aromatic rings. The molecule has 4 nitrogen and oxygen atoms in total. The number of carbonyl (C=O) groups is 1. The number of hydrogen-bond acceptors (Lipinski definition) is 4. The fourth-order valence-electron chi connectivity index (χ4n) is 6.60. The maximum Gasteiger partial charge on any atom is 0.336 e. The summed E-state index contributed by atoms with van der Waals surface area (Å²) in [6.45, 7) is 5.45. The average molecular weight is 414 g/mol. The van der Waals surface area contributed by atoms with Crippen molar-refractivity contribution in [2.45, 2.75) is 43.2 Å². The first-order valence-electron chi connectivity index (χ1n) is 11.2. The maximum atomic E-state index is 12.6. The molecule has 2 aliphatic carbocycles. The smallest absolute Gasteiger partial charge is 0.336 e. The molecule has 0 amide bonds. The van der Waals surface area contributed by atoms with Crippen LogP contribution in [0.25, 0.3) is 6.08 Å². The number of ether oxygens (including phenoxy) is 2. The summed E-state index contributed by atoms with van der Waals surface area (Å²) in [7, 11) is 2.26. The van der Waals surface area contributed by atoms with Crippen LogP contribution in [0.3, 0.4) is 0 Å². The van der Waals surface area contributed by atoms with E-state index in [9.17, 15) is 4.79 Å². The lowest BCUT2D eigenvalue weighted by Crippen LogP contribution is -2.63. The van der Waals surface area contributed by atoms with Crippen LogP contribution in [0, 0.1) is 5.92 Å². The predicted molar refractivity (Wildman–Crippen MR) is 120 cm³/mol. The standard InChI is InChI=1S/C27H27NO3/c1-17-8-11-20-21-16-19-10-12-22(30-23(29)13-9-18-6-4-3-5-7-18)25-24(19)27(20,26(17)31-25)14-15-28(21)2/h3-7,9-10,12-13,20-21,26H,1,8,11,14-16H2,2H3/b13-9+/t20-,21+,26-,27-/m0/s1. The van der Waals surface area contributed by atoms with Crippen molar-refractivity contribution < 1.29 is 14.3 Å². The van der Waals surface area contributed by atoms with Gasteiger partial charge in [0.1, 0.15) is 6.10 Å². The van der Waals surface area contributed by atoms with Gasteiger partial charge in [0.15, 0.2) is 11.5 Å². The summed E-state index contributed by atoms with van der Waals surface area (Å²) in [6.07, 6.45) is 7.54. The molecule has 1 spiro atoms. The summed E-state index contributed by atoms with van der Waals surface area (Å²) in [6, 6.07) is 14.4. The summed E-state index contributed by atoms with van der Waals surface area (Å²) in [5.74, 6) is 1.50.